The predicted molar refractivity (Wildman–Crippen MR) is 210 cm³/mol. The quantitative estimate of drug-likeness (QED) is 0.0704. The first kappa shape index (κ1) is 57.9. The molecule has 0 N–H and O–H groups in total. The van der Waals surface area contributed by atoms with E-state index in [0.29, 0.717) is 5.56 Å². The van der Waals surface area contributed by atoms with Gasteiger partial charge >= 0.3 is 49.4 Å². The van der Waals surface area contributed by atoms with Gasteiger partial charge in [-0.15, -0.1) is 4.21 Å². The second kappa shape index (κ2) is 19.1. The van der Waals surface area contributed by atoms with Gasteiger partial charge in [-0.3, -0.25) is 4.79 Å². The second-order valence-electron chi connectivity index (χ2n) is 16.1. The Morgan fingerprint density at radius 3 is 0.704 bits per heavy atom. The maximum Gasteiger partial charge on any atom is 0.416 e. The fourth-order valence-corrected chi connectivity index (χ4v) is 8.01. The maximum absolute atomic E-state index is 14.2. The highest BCUT2D eigenvalue weighted by Crippen LogP contribution is 2.41. The van der Waals surface area contributed by atoms with Gasteiger partial charge < -0.3 is 0 Å². The van der Waals surface area contributed by atoms with Crippen molar-refractivity contribution in [2.24, 2.45) is 0 Å². The molecule has 0 saturated heterocycles. The lowest BCUT2D eigenvalue weighted by Gasteiger charge is -2.46. The Hall–Kier alpha value is -5.70. The van der Waals surface area contributed by atoms with Crippen molar-refractivity contribution in [2.75, 3.05) is 18.3 Å². The topological polar surface area (TPSA) is 34.1 Å². The third-order valence-electron chi connectivity index (χ3n) is 10.3. The summed E-state index contributed by atoms with van der Waals surface area (Å²) in [7, 11) is -1.98. The van der Waals surface area contributed by atoms with Crippen molar-refractivity contribution in [3.63, 3.8) is 0 Å². The largest absolute Gasteiger partial charge is 0.416 e. The predicted octanol–water partition coefficient (Wildman–Crippen LogP) is 13.2. The fraction of sp³-hybridized carbons (Fsp3) is 0.279. The Morgan fingerprint density at radius 1 is 0.366 bits per heavy atom. The van der Waals surface area contributed by atoms with E-state index in [1.165, 1.54) is 0 Å². The van der Waals surface area contributed by atoms with E-state index < -0.39 is 205 Å². The Bertz CT molecular complexity index is 2360. The maximum atomic E-state index is 14.2. The molecule has 0 fully saturated rings. The minimum Gasteiger partial charge on any atom is -0.289 e. The summed E-state index contributed by atoms with van der Waals surface area (Å²) in [5.41, 5.74) is -28.4. The molecule has 0 aliphatic rings. The second-order valence-corrected chi connectivity index (χ2v) is 19.3. The molecule has 0 aromatic heterocycles. The summed E-state index contributed by atoms with van der Waals surface area (Å²) >= 11 is 0. The molecular formula is C43H27BF24O2S. The van der Waals surface area contributed by atoms with Crippen LogP contribution in [0.3, 0.4) is 0 Å². The van der Waals surface area contributed by atoms with Crippen molar-refractivity contribution >= 4 is 43.7 Å². The van der Waals surface area contributed by atoms with Crippen molar-refractivity contribution in [1.29, 1.82) is 0 Å². The summed E-state index contributed by atoms with van der Waals surface area (Å²) in [5, 5.41) is 0. The molecule has 0 bridgehead atoms. The molecule has 71 heavy (non-hydrogen) atoms. The van der Waals surface area contributed by atoms with Crippen LogP contribution in [-0.4, -0.2) is 30.2 Å². The summed E-state index contributed by atoms with van der Waals surface area (Å²) in [6, 6.07) is -1.47. The van der Waals surface area contributed by atoms with Gasteiger partial charge in [-0.25, -0.2) is 0 Å². The first-order valence-electron chi connectivity index (χ1n) is 19.0. The molecular weight excluding hydrogens is 1050 g/mol. The first-order chi connectivity index (χ1) is 31.6. The highest BCUT2D eigenvalue weighted by molar-refractivity contribution is 8.02. The Kier molecular flexibility index (Phi) is 15.5. The molecule has 5 aromatic carbocycles. The van der Waals surface area contributed by atoms with Crippen LogP contribution in [0.5, 0.6) is 0 Å². The van der Waals surface area contributed by atoms with Crippen molar-refractivity contribution in [2.45, 2.75) is 56.3 Å². The third-order valence-corrected chi connectivity index (χ3v) is 11.2. The van der Waals surface area contributed by atoms with E-state index in [1.54, 1.807) is 24.6 Å². The number of aryl methyl sites for hydroxylation is 1. The van der Waals surface area contributed by atoms with Gasteiger partial charge in [0.2, 0.25) is 5.78 Å². The molecule has 0 spiro atoms. The van der Waals surface area contributed by atoms with Crippen molar-refractivity contribution in [3.05, 3.63) is 153 Å². The zero-order valence-corrected chi connectivity index (χ0v) is 36.1. The molecule has 388 valence electrons. The van der Waals surface area contributed by atoms with Crippen LogP contribution in [0.2, 0.25) is 0 Å². The Labute approximate surface area is 385 Å². The SMILES string of the molecule is Cc1ccc(C(=O)C[S+](C)(C)=O)cc1.FC(F)(F)c1cc([B-](c2cc(C(F)(F)F)cc(C(F)(F)F)c2)(c2cc(C(F)(F)F)cc(C(F)(F)F)c2)c2cc(C(F)(F)F)cc(C(F)(F)F)c2)cc(C(F)(F)F)c1. The zero-order chi connectivity index (χ0) is 54.7. The van der Waals surface area contributed by atoms with Gasteiger partial charge in [0.1, 0.15) is 18.7 Å². The van der Waals surface area contributed by atoms with Crippen LogP contribution in [0, 0.1) is 6.92 Å². The highest BCUT2D eigenvalue weighted by Gasteiger charge is 2.47. The van der Waals surface area contributed by atoms with Crippen LogP contribution in [0.4, 0.5) is 105 Å². The first-order valence-corrected chi connectivity index (χ1v) is 21.6. The van der Waals surface area contributed by atoms with E-state index in [0.717, 1.165) is 5.56 Å². The smallest absolute Gasteiger partial charge is 0.289 e. The molecule has 0 atom stereocenters. The Morgan fingerprint density at radius 2 is 0.549 bits per heavy atom. The van der Waals surface area contributed by atoms with Gasteiger partial charge in [-0.2, -0.15) is 127 Å². The molecule has 0 aliphatic heterocycles. The fourth-order valence-electron chi connectivity index (χ4n) is 7.21. The molecule has 5 aromatic rings. The van der Waals surface area contributed by atoms with Crippen LogP contribution >= 0.6 is 0 Å². The number of hydrogen-bond acceptors (Lipinski definition) is 2. The van der Waals surface area contributed by atoms with E-state index >= 15 is 0 Å². The standard InChI is InChI=1S/C32H12BF24.C11H15O2S/c34-25(35,36)13-1-14(26(37,38)39)6-21(5-13)33(22-7-15(27(40,41)42)2-16(8-22)28(43,44)45,23-9-17(29(46,47)48)3-18(10-23)30(49,50)51)24-11-19(31(52,53)54)4-20(12-24)32(55,56)57;1-9-4-6-10(7-5-9)11(12)8-14(2,3)13/h1-12H;4-7H,8H2,1-3H3/q-1;+1. The van der Waals surface area contributed by atoms with Crippen molar-refractivity contribution < 1.29 is 114 Å². The third kappa shape index (κ3) is 14.0. The van der Waals surface area contributed by atoms with E-state index in [1.807, 2.05) is 19.1 Å². The highest BCUT2D eigenvalue weighted by atomic mass is 32.2. The lowest BCUT2D eigenvalue weighted by atomic mass is 9.12. The van der Waals surface area contributed by atoms with Gasteiger partial charge in [0.05, 0.1) is 54.4 Å². The lowest BCUT2D eigenvalue weighted by molar-refractivity contribution is -0.144. The average molecular weight is 1070 g/mol. The molecule has 0 aliphatic carbocycles. The van der Waals surface area contributed by atoms with Gasteiger partial charge in [-0.05, 0) is 31.2 Å². The van der Waals surface area contributed by atoms with E-state index in [4.69, 9.17) is 0 Å². The van der Waals surface area contributed by atoms with Crippen LogP contribution in [0.1, 0.15) is 60.4 Å². The van der Waals surface area contributed by atoms with E-state index in [-0.39, 0.29) is 11.5 Å². The molecule has 2 nitrogen and oxygen atoms in total. The number of rotatable bonds is 7. The van der Waals surface area contributed by atoms with Gasteiger partial charge in [0, 0.05) is 5.56 Å². The minimum atomic E-state index is -6.13. The van der Waals surface area contributed by atoms with E-state index in [2.05, 4.69) is 0 Å². The molecule has 0 unspecified atom stereocenters. The Balaban J connectivity index is 0.000000671. The van der Waals surface area contributed by atoms with Crippen LogP contribution in [-0.2, 0) is 63.6 Å². The lowest BCUT2D eigenvalue weighted by Crippen LogP contribution is -2.75. The summed E-state index contributed by atoms with van der Waals surface area (Å²) in [6.07, 6.45) is -51.6. The number of carbonyl (C=O) groups is 1. The molecule has 0 radical (unpaired) electrons. The summed E-state index contributed by atoms with van der Waals surface area (Å²) in [5.74, 6) is 0.0933. The number of alkyl halides is 24. The summed E-state index contributed by atoms with van der Waals surface area (Å²) < 4.78 is 352. The minimum absolute atomic E-state index is 0.0417. The number of Topliss-reactive ketones (excluding diaryl/α,β-unsaturated/α-hetero) is 1. The van der Waals surface area contributed by atoms with Gasteiger partial charge in [0.25, 0.3) is 0 Å². The normalized spacial score (nSPS) is 13.7. The number of carbonyl (C=O) groups excluding carboxylic acids is 1. The molecule has 0 heterocycles. The van der Waals surface area contributed by atoms with Gasteiger partial charge in [-0.1, -0.05) is 78.4 Å². The molecule has 0 amide bonds. The molecule has 0 saturated carbocycles. The number of ketones is 1. The van der Waals surface area contributed by atoms with Crippen LogP contribution < -0.4 is 21.9 Å². The average Bonchev–Trinajstić information content (AvgIpc) is 3.18. The number of halogens is 24. The van der Waals surface area contributed by atoms with Crippen LogP contribution in [0.25, 0.3) is 0 Å². The number of hydrogen-bond donors (Lipinski definition) is 0. The monoisotopic (exact) mass is 1070 g/mol. The zero-order valence-electron chi connectivity index (χ0n) is 35.3. The van der Waals surface area contributed by atoms with Crippen LogP contribution in [0.15, 0.2) is 97.1 Å². The van der Waals surface area contributed by atoms with E-state index in [9.17, 15) is 114 Å². The number of benzene rings is 5. The van der Waals surface area contributed by atoms with Crippen molar-refractivity contribution in [3.8, 4) is 0 Å². The van der Waals surface area contributed by atoms with Crippen molar-refractivity contribution in [1.82, 2.24) is 0 Å². The molecule has 28 heteroatoms. The summed E-state index contributed by atoms with van der Waals surface area (Å²) in [4.78, 5) is 11.6. The van der Waals surface area contributed by atoms with Gasteiger partial charge in [0.15, 0.2) is 5.75 Å². The molecule has 5 rings (SSSR count). The summed E-state index contributed by atoms with van der Waals surface area (Å²) in [6.45, 7) is 1.97.